The van der Waals surface area contributed by atoms with Crippen molar-refractivity contribution in [2.24, 2.45) is 0 Å². The van der Waals surface area contributed by atoms with Crippen molar-refractivity contribution in [2.45, 2.75) is 0 Å². The van der Waals surface area contributed by atoms with Gasteiger partial charge in [-0.25, -0.2) is 0 Å². The Balaban J connectivity index is 0.571. The van der Waals surface area contributed by atoms with Crippen LogP contribution in [0.4, 0.5) is 17.1 Å². The van der Waals surface area contributed by atoms with Crippen molar-refractivity contribution in [1.82, 2.24) is 18.3 Å². The Labute approximate surface area is 643 Å². The Kier molecular flexibility index (Phi) is 15.8. The van der Waals surface area contributed by atoms with E-state index in [2.05, 4.69) is 454 Å². The fraction of sp³-hybridized carbons (Fsp3) is 0. The van der Waals surface area contributed by atoms with Gasteiger partial charge in [-0.2, -0.15) is 0 Å². The smallest absolute Gasteiger partial charge is 0.0541 e. The van der Waals surface area contributed by atoms with E-state index in [1.807, 2.05) is 0 Å². The van der Waals surface area contributed by atoms with E-state index in [4.69, 9.17) is 0 Å². The molecular weight excluding hydrogens is 1340 g/mol. The number of rotatable bonds is 15. The van der Waals surface area contributed by atoms with Crippen molar-refractivity contribution in [2.75, 3.05) is 4.90 Å². The third-order valence-electron chi connectivity index (χ3n) is 22.4. The Morgan fingerprint density at radius 2 is 0.360 bits per heavy atom. The van der Waals surface area contributed by atoms with Gasteiger partial charge in [-0.1, -0.05) is 285 Å². The number of para-hydroxylation sites is 9. The molecule has 0 N–H and O–H groups in total. The van der Waals surface area contributed by atoms with Crippen LogP contribution in [0.25, 0.3) is 156 Å². The van der Waals surface area contributed by atoms with Gasteiger partial charge < -0.3 is 23.2 Å². The molecule has 0 unspecified atom stereocenters. The number of benzene rings is 17. The van der Waals surface area contributed by atoms with Gasteiger partial charge in [0.15, 0.2) is 0 Å². The predicted octanol–water partition coefficient (Wildman–Crippen LogP) is 28.1. The predicted molar refractivity (Wildman–Crippen MR) is 469 cm³/mol. The highest BCUT2D eigenvalue weighted by atomic mass is 15.1. The molecule has 111 heavy (non-hydrogen) atoms. The quantitative estimate of drug-likeness (QED) is 0.0938. The van der Waals surface area contributed by atoms with Crippen molar-refractivity contribution in [3.63, 3.8) is 0 Å². The van der Waals surface area contributed by atoms with Crippen molar-refractivity contribution >= 4 is 128 Å². The van der Waals surface area contributed by atoms with Crippen LogP contribution < -0.4 is 4.90 Å². The number of fused-ring (bicyclic) bond motifs is 12. The van der Waals surface area contributed by atoms with Crippen molar-refractivity contribution in [3.8, 4) is 45.0 Å². The summed E-state index contributed by atoms with van der Waals surface area (Å²) in [5.74, 6) is 0. The maximum Gasteiger partial charge on any atom is 0.0541 e. The molecule has 0 aliphatic rings. The van der Waals surface area contributed by atoms with Crippen LogP contribution in [0.3, 0.4) is 0 Å². The van der Waals surface area contributed by atoms with Crippen LogP contribution >= 0.6 is 0 Å². The number of hydrogen-bond donors (Lipinski definition) is 0. The molecule has 4 heterocycles. The zero-order valence-corrected chi connectivity index (χ0v) is 60.7. The SMILES string of the molecule is C(=C(c1ccc(-n2c3ccccc3c3ccccc32)cc1)c1ccc(-n2c3ccccc3c3ccccc32)cc1)c1ccc(-c2ccc(N(c3ccccc3)c3ccc(-c4ccc(C=C(c5ccc(-n6c7ccccc7c7ccccc76)cc5)c5ccc(-n6c7ccccc7c7ccccc76)cc5)cc4)cc3)cc2)cc1. The molecule has 0 fully saturated rings. The molecule has 0 atom stereocenters. The Morgan fingerprint density at radius 3 is 0.586 bits per heavy atom. The monoisotopic (exact) mass is 1410 g/mol. The van der Waals surface area contributed by atoms with E-state index in [9.17, 15) is 0 Å². The van der Waals surface area contributed by atoms with E-state index in [1.165, 1.54) is 87.2 Å². The van der Waals surface area contributed by atoms with Gasteiger partial charge in [0.1, 0.15) is 0 Å². The van der Waals surface area contributed by atoms with Crippen LogP contribution in [-0.4, -0.2) is 18.3 Å². The summed E-state index contributed by atoms with van der Waals surface area (Å²) < 4.78 is 9.55. The molecule has 21 aromatic rings. The number of aromatic nitrogens is 4. The van der Waals surface area contributed by atoms with Gasteiger partial charge in [0.2, 0.25) is 0 Å². The lowest BCUT2D eigenvalue weighted by Crippen LogP contribution is -2.09. The molecule has 0 aliphatic heterocycles. The van der Waals surface area contributed by atoms with E-state index in [0.29, 0.717) is 0 Å². The molecular formula is C106H71N5. The van der Waals surface area contributed by atoms with E-state index in [0.717, 1.165) is 107 Å². The zero-order valence-electron chi connectivity index (χ0n) is 60.7. The third-order valence-corrected chi connectivity index (χ3v) is 22.4. The standard InChI is InChI=1S/C106H71N5/c1-2-20-82(21-3-1)107(83-58-46-76(47-59-83)74-42-38-72(39-43-74)70-97(78-50-62-85(63-51-78)108-99-30-12-4-22-89(99)90-23-5-13-31-100(90)108)79-52-64-86(65-53-79)109-101-32-14-6-24-91(101)92-25-7-15-33-102(92)109)84-60-48-77(49-61-84)75-44-40-73(41-45-75)71-98(80-54-66-87(67-55-80)110-103-34-16-8-26-93(103)94-27-9-17-35-104(94)110)81-56-68-88(69-57-81)111-105-36-18-10-28-95(105)96-29-11-19-37-106(96)111/h1-71H. The Bertz CT molecular complexity index is 6210. The molecule has 520 valence electrons. The summed E-state index contributed by atoms with van der Waals surface area (Å²) in [6.07, 6.45) is 4.68. The highest BCUT2D eigenvalue weighted by Gasteiger charge is 2.20. The molecule has 0 spiro atoms. The highest BCUT2D eigenvalue weighted by Crippen LogP contribution is 2.42. The minimum atomic E-state index is 1.07. The van der Waals surface area contributed by atoms with Gasteiger partial charge in [0, 0.05) is 82.9 Å². The van der Waals surface area contributed by atoms with Crippen LogP contribution in [0.15, 0.2) is 419 Å². The molecule has 0 aliphatic carbocycles. The van der Waals surface area contributed by atoms with Gasteiger partial charge in [-0.05, 0) is 212 Å². The van der Waals surface area contributed by atoms with Crippen LogP contribution in [0.5, 0.6) is 0 Å². The van der Waals surface area contributed by atoms with E-state index < -0.39 is 0 Å². The number of hydrogen-bond acceptors (Lipinski definition) is 1. The minimum absolute atomic E-state index is 1.07. The first-order chi connectivity index (χ1) is 55.0. The van der Waals surface area contributed by atoms with Crippen molar-refractivity contribution in [1.29, 1.82) is 0 Å². The average molecular weight is 1410 g/mol. The van der Waals surface area contributed by atoms with Gasteiger partial charge in [-0.15, -0.1) is 0 Å². The third kappa shape index (κ3) is 11.4. The summed E-state index contributed by atoms with van der Waals surface area (Å²) in [6, 6.07) is 153. The molecule has 5 nitrogen and oxygen atoms in total. The van der Waals surface area contributed by atoms with E-state index >= 15 is 0 Å². The fourth-order valence-electron chi connectivity index (χ4n) is 17.1. The molecule has 5 heteroatoms. The second-order valence-corrected chi connectivity index (χ2v) is 28.8. The first-order valence-corrected chi connectivity index (χ1v) is 38.1. The zero-order chi connectivity index (χ0) is 73.3. The lowest BCUT2D eigenvalue weighted by Gasteiger charge is -2.26. The summed E-state index contributed by atoms with van der Waals surface area (Å²) in [4.78, 5) is 2.34. The molecule has 0 amide bonds. The Morgan fingerprint density at radius 1 is 0.171 bits per heavy atom. The van der Waals surface area contributed by atoms with Crippen LogP contribution in [0, 0.1) is 0 Å². The molecule has 0 saturated heterocycles. The highest BCUT2D eigenvalue weighted by molar-refractivity contribution is 6.13. The summed E-state index contributed by atoms with van der Waals surface area (Å²) >= 11 is 0. The van der Waals surface area contributed by atoms with Crippen molar-refractivity contribution < 1.29 is 0 Å². The van der Waals surface area contributed by atoms with Gasteiger partial charge >= 0.3 is 0 Å². The average Bonchev–Trinajstić information content (AvgIpc) is 1.62. The van der Waals surface area contributed by atoms with E-state index in [1.54, 1.807) is 0 Å². The van der Waals surface area contributed by atoms with Crippen LogP contribution in [-0.2, 0) is 0 Å². The maximum absolute atomic E-state index is 2.39. The number of anilines is 3. The summed E-state index contributed by atoms with van der Waals surface area (Å²) in [6.45, 7) is 0. The fourth-order valence-corrected chi connectivity index (χ4v) is 17.1. The molecule has 0 radical (unpaired) electrons. The summed E-state index contributed by atoms with van der Waals surface area (Å²) in [5.41, 5.74) is 31.0. The van der Waals surface area contributed by atoms with Gasteiger partial charge in [-0.3, -0.25) is 0 Å². The maximum atomic E-state index is 2.39. The topological polar surface area (TPSA) is 23.0 Å². The van der Waals surface area contributed by atoms with Gasteiger partial charge in [0.05, 0.1) is 44.1 Å². The number of nitrogens with zero attached hydrogens (tertiary/aromatic N) is 5. The normalized spacial score (nSPS) is 11.6. The molecule has 0 bridgehead atoms. The summed E-state index contributed by atoms with van der Waals surface area (Å²) in [5, 5.41) is 10.0. The molecule has 17 aromatic carbocycles. The largest absolute Gasteiger partial charge is 0.311 e. The second kappa shape index (κ2) is 27.2. The second-order valence-electron chi connectivity index (χ2n) is 28.8. The van der Waals surface area contributed by atoms with E-state index in [-0.39, 0.29) is 0 Å². The molecule has 4 aromatic heterocycles. The minimum Gasteiger partial charge on any atom is -0.311 e. The van der Waals surface area contributed by atoms with Crippen LogP contribution in [0.2, 0.25) is 0 Å². The lowest BCUT2D eigenvalue weighted by atomic mass is 9.94. The van der Waals surface area contributed by atoms with Gasteiger partial charge in [0.25, 0.3) is 0 Å². The first-order valence-electron chi connectivity index (χ1n) is 38.1. The first kappa shape index (κ1) is 64.6. The molecule has 21 rings (SSSR count). The Hall–Kier alpha value is -14.8. The van der Waals surface area contributed by atoms with Crippen molar-refractivity contribution in [3.05, 3.63) is 452 Å². The molecule has 0 saturated carbocycles. The lowest BCUT2D eigenvalue weighted by molar-refractivity contribution is 1.18. The summed E-state index contributed by atoms with van der Waals surface area (Å²) in [7, 11) is 0. The van der Waals surface area contributed by atoms with Crippen LogP contribution in [0.1, 0.15) is 33.4 Å².